The minimum absolute atomic E-state index is 0.748. The Bertz CT molecular complexity index is 1010. The average Bonchev–Trinajstić information content (AvgIpc) is 3.15. The Morgan fingerprint density at radius 3 is 2.62 bits per heavy atom. The van der Waals surface area contributed by atoms with Gasteiger partial charge in [-0.1, -0.05) is 29.8 Å². The molecule has 0 unspecified atom stereocenters. The molecular weight excluding hydrogens is 340 g/mol. The lowest BCUT2D eigenvalue weighted by molar-refractivity contribution is 1.12. The average molecular weight is 355 g/mol. The van der Waals surface area contributed by atoms with Crippen LogP contribution in [0, 0.1) is 13.8 Å². The number of rotatable bonds is 3. The second kappa shape index (κ2) is 5.92. The third-order valence-corrected chi connectivity index (χ3v) is 5.20. The lowest BCUT2D eigenvalue weighted by atomic mass is 10.1. The van der Waals surface area contributed by atoms with Gasteiger partial charge in [0, 0.05) is 18.1 Å². The van der Waals surface area contributed by atoms with Gasteiger partial charge in [-0.2, -0.15) is 0 Å². The van der Waals surface area contributed by atoms with E-state index in [4.69, 9.17) is 16.6 Å². The highest BCUT2D eigenvalue weighted by Gasteiger charge is 2.17. The lowest BCUT2D eigenvalue weighted by Gasteiger charge is -2.13. The van der Waals surface area contributed by atoms with Crippen LogP contribution in [0.25, 0.3) is 16.2 Å². The van der Waals surface area contributed by atoms with Crippen molar-refractivity contribution in [1.29, 1.82) is 0 Å². The summed E-state index contributed by atoms with van der Waals surface area (Å²) in [5, 5.41) is 3.58. The number of imidazole rings is 1. The zero-order chi connectivity index (χ0) is 16.7. The van der Waals surface area contributed by atoms with Crippen molar-refractivity contribution in [1.82, 2.24) is 14.4 Å². The molecule has 0 aliphatic carbocycles. The van der Waals surface area contributed by atoms with Gasteiger partial charge in [-0.25, -0.2) is 4.98 Å². The van der Waals surface area contributed by atoms with E-state index in [2.05, 4.69) is 42.3 Å². The zero-order valence-corrected chi connectivity index (χ0v) is 14.8. The number of halogens is 1. The number of aryl methyl sites for hydroxylation is 2. The Labute approximate surface area is 148 Å². The number of thiophene rings is 1. The molecule has 1 aromatic carbocycles. The smallest absolute Gasteiger partial charge is 0.157 e. The molecule has 4 rings (SSSR count). The maximum absolute atomic E-state index is 6.12. The molecule has 0 aliphatic heterocycles. The van der Waals surface area contributed by atoms with Gasteiger partial charge in [-0.3, -0.25) is 9.38 Å². The second-order valence-corrected chi connectivity index (χ2v) is 7.32. The first-order valence-electron chi connectivity index (χ1n) is 7.54. The van der Waals surface area contributed by atoms with Crippen LogP contribution in [0.3, 0.4) is 0 Å². The molecule has 0 atom stereocenters. The highest BCUT2D eigenvalue weighted by Crippen LogP contribution is 2.37. The minimum Gasteiger partial charge on any atom is -0.339 e. The molecule has 0 amide bonds. The highest BCUT2D eigenvalue weighted by atomic mass is 35.5. The Morgan fingerprint density at radius 1 is 1.12 bits per heavy atom. The number of aromatic nitrogens is 3. The molecule has 0 spiro atoms. The van der Waals surface area contributed by atoms with Crippen LogP contribution in [-0.4, -0.2) is 14.4 Å². The van der Waals surface area contributed by atoms with Gasteiger partial charge in [0.1, 0.15) is 11.5 Å². The quantitative estimate of drug-likeness (QED) is 0.530. The Hall–Kier alpha value is -2.37. The summed E-state index contributed by atoms with van der Waals surface area (Å²) in [4.78, 5) is 9.94. The predicted molar refractivity (Wildman–Crippen MR) is 101 cm³/mol. The zero-order valence-electron chi connectivity index (χ0n) is 13.2. The predicted octanol–water partition coefficient (Wildman–Crippen LogP) is 5.47. The molecule has 1 N–H and O–H groups in total. The van der Waals surface area contributed by atoms with Crippen LogP contribution >= 0.6 is 22.9 Å². The molecular formula is C18H15ClN4S. The first-order valence-corrected chi connectivity index (χ1v) is 8.74. The summed E-state index contributed by atoms with van der Waals surface area (Å²) < 4.78 is 2.76. The summed E-state index contributed by atoms with van der Waals surface area (Å²) in [6.07, 6.45) is 5.43. The summed E-state index contributed by atoms with van der Waals surface area (Å²) in [6.45, 7) is 4.20. The summed E-state index contributed by atoms with van der Waals surface area (Å²) in [6, 6.07) is 10.2. The Kier molecular flexibility index (Phi) is 3.75. The van der Waals surface area contributed by atoms with E-state index in [9.17, 15) is 0 Å². The van der Waals surface area contributed by atoms with E-state index >= 15 is 0 Å². The van der Waals surface area contributed by atoms with Crippen molar-refractivity contribution in [3.05, 3.63) is 64.4 Å². The fourth-order valence-corrected chi connectivity index (χ4v) is 3.80. The van der Waals surface area contributed by atoms with Crippen molar-refractivity contribution in [2.75, 3.05) is 5.32 Å². The third kappa shape index (κ3) is 2.56. The molecule has 4 aromatic rings. The first-order chi connectivity index (χ1) is 11.6. The molecule has 0 fully saturated rings. The fraction of sp³-hybridized carbons (Fsp3) is 0.111. The Balaban J connectivity index is 1.93. The van der Waals surface area contributed by atoms with Crippen LogP contribution in [0.1, 0.15) is 11.1 Å². The van der Waals surface area contributed by atoms with E-state index in [1.807, 2.05) is 22.7 Å². The summed E-state index contributed by atoms with van der Waals surface area (Å²) in [7, 11) is 0. The van der Waals surface area contributed by atoms with E-state index < -0.39 is 0 Å². The minimum atomic E-state index is 0.748. The van der Waals surface area contributed by atoms with Crippen molar-refractivity contribution in [2.45, 2.75) is 13.8 Å². The molecule has 0 saturated heterocycles. The van der Waals surface area contributed by atoms with Crippen molar-refractivity contribution in [3.8, 4) is 10.6 Å². The molecule has 6 heteroatoms. The maximum atomic E-state index is 6.12. The molecule has 3 aromatic heterocycles. The van der Waals surface area contributed by atoms with Gasteiger partial charge in [0.05, 0.1) is 15.4 Å². The summed E-state index contributed by atoms with van der Waals surface area (Å²) in [5.74, 6) is 0.920. The number of fused-ring (bicyclic) bond motifs is 1. The van der Waals surface area contributed by atoms with Crippen LogP contribution < -0.4 is 5.32 Å². The summed E-state index contributed by atoms with van der Waals surface area (Å²) >= 11 is 7.64. The number of nitrogens with zero attached hydrogens (tertiary/aromatic N) is 3. The maximum Gasteiger partial charge on any atom is 0.157 e. The van der Waals surface area contributed by atoms with Gasteiger partial charge in [0.15, 0.2) is 5.65 Å². The number of benzene rings is 1. The second-order valence-electron chi connectivity index (χ2n) is 5.61. The van der Waals surface area contributed by atoms with Gasteiger partial charge < -0.3 is 5.32 Å². The van der Waals surface area contributed by atoms with Crippen molar-refractivity contribution < 1.29 is 0 Å². The van der Waals surface area contributed by atoms with E-state index in [1.165, 1.54) is 22.5 Å². The van der Waals surface area contributed by atoms with Gasteiger partial charge in [0.2, 0.25) is 0 Å². The number of hydrogen-bond acceptors (Lipinski definition) is 4. The van der Waals surface area contributed by atoms with E-state index in [0.29, 0.717) is 0 Å². The van der Waals surface area contributed by atoms with Crippen LogP contribution in [0.5, 0.6) is 0 Å². The third-order valence-electron chi connectivity index (χ3n) is 3.96. The van der Waals surface area contributed by atoms with Gasteiger partial charge >= 0.3 is 0 Å². The highest BCUT2D eigenvalue weighted by molar-refractivity contribution is 7.19. The van der Waals surface area contributed by atoms with Crippen LogP contribution in [0.4, 0.5) is 11.5 Å². The normalized spacial score (nSPS) is 11.1. The molecule has 120 valence electrons. The molecule has 0 bridgehead atoms. The lowest BCUT2D eigenvalue weighted by Crippen LogP contribution is -2.00. The van der Waals surface area contributed by atoms with Gasteiger partial charge in [0.25, 0.3) is 0 Å². The van der Waals surface area contributed by atoms with Crippen molar-refractivity contribution in [3.63, 3.8) is 0 Å². The molecule has 0 radical (unpaired) electrons. The SMILES string of the molecule is Cc1cccc(C)c1Nc1c(-c2ccc(Cl)s2)nc2cnccn12. The number of anilines is 2. The van der Waals surface area contributed by atoms with Gasteiger partial charge in [-0.05, 0) is 37.1 Å². The summed E-state index contributed by atoms with van der Waals surface area (Å²) in [5.41, 5.74) is 5.15. The number of para-hydroxylation sites is 1. The largest absolute Gasteiger partial charge is 0.339 e. The van der Waals surface area contributed by atoms with Crippen LogP contribution in [0.15, 0.2) is 48.9 Å². The first kappa shape index (κ1) is 15.2. The van der Waals surface area contributed by atoms with E-state index in [1.54, 1.807) is 12.4 Å². The standard InChI is InChI=1S/C18H15ClN4S/c1-11-4-3-5-12(2)16(11)22-18-17(13-6-7-14(19)24-13)21-15-10-20-8-9-23(15)18/h3-10,22H,1-2H3. The number of hydrogen-bond donors (Lipinski definition) is 1. The van der Waals surface area contributed by atoms with Crippen LogP contribution in [-0.2, 0) is 0 Å². The fourth-order valence-electron chi connectivity index (χ4n) is 2.77. The van der Waals surface area contributed by atoms with E-state index in [-0.39, 0.29) is 0 Å². The molecule has 0 aliphatic rings. The molecule has 4 nitrogen and oxygen atoms in total. The monoisotopic (exact) mass is 354 g/mol. The van der Waals surface area contributed by atoms with Crippen molar-refractivity contribution >= 4 is 40.1 Å². The molecule has 24 heavy (non-hydrogen) atoms. The molecule has 0 saturated carbocycles. The van der Waals surface area contributed by atoms with Gasteiger partial charge in [-0.15, -0.1) is 11.3 Å². The topological polar surface area (TPSA) is 42.2 Å². The van der Waals surface area contributed by atoms with Crippen LogP contribution in [0.2, 0.25) is 4.34 Å². The molecule has 3 heterocycles. The van der Waals surface area contributed by atoms with E-state index in [0.717, 1.165) is 32.1 Å². The Morgan fingerprint density at radius 2 is 1.92 bits per heavy atom. The van der Waals surface area contributed by atoms with Crippen molar-refractivity contribution in [2.24, 2.45) is 0 Å². The number of nitrogens with one attached hydrogen (secondary N) is 1.